The summed E-state index contributed by atoms with van der Waals surface area (Å²) in [7, 11) is 0. The molecule has 2 rings (SSSR count). The number of rotatable bonds is 2. The van der Waals surface area contributed by atoms with Gasteiger partial charge in [0.15, 0.2) is 0 Å². The van der Waals surface area contributed by atoms with Crippen molar-refractivity contribution in [1.29, 1.82) is 0 Å². The average Bonchev–Trinajstić information content (AvgIpc) is 2.43. The number of hydrogen-bond acceptors (Lipinski definition) is 2. The molecule has 1 heterocycles. The molecule has 1 aromatic rings. The van der Waals surface area contributed by atoms with Gasteiger partial charge in [0, 0.05) is 13.1 Å². The van der Waals surface area contributed by atoms with Crippen molar-refractivity contribution in [1.82, 2.24) is 4.90 Å². The third kappa shape index (κ3) is 3.37. The van der Waals surface area contributed by atoms with Gasteiger partial charge in [0.2, 0.25) is 0 Å². The molecule has 1 aliphatic rings. The summed E-state index contributed by atoms with van der Waals surface area (Å²) < 4.78 is 5.42. The Kier molecular flexibility index (Phi) is 4.25. The summed E-state index contributed by atoms with van der Waals surface area (Å²) in [6.45, 7) is 9.36. The number of carbonyl (C=O) groups excluding carboxylic acids is 1. The molecule has 0 N–H and O–H groups in total. The number of nitrogens with zero attached hydrogens (tertiary/aromatic N) is 1. The minimum absolute atomic E-state index is 0.245. The van der Waals surface area contributed by atoms with Gasteiger partial charge in [0.1, 0.15) is 5.75 Å². The van der Waals surface area contributed by atoms with Gasteiger partial charge in [0.05, 0.1) is 0 Å². The lowest BCUT2D eigenvalue weighted by Crippen LogP contribution is -2.39. The molecule has 1 saturated heterocycles. The predicted octanol–water partition coefficient (Wildman–Crippen LogP) is 3.70. The molecule has 19 heavy (non-hydrogen) atoms. The minimum Gasteiger partial charge on any atom is -0.410 e. The van der Waals surface area contributed by atoms with Crippen molar-refractivity contribution in [3.05, 3.63) is 42.0 Å². The number of hydrogen-bond donors (Lipinski definition) is 0. The van der Waals surface area contributed by atoms with Crippen LogP contribution in [-0.2, 0) is 0 Å². The van der Waals surface area contributed by atoms with Crippen LogP contribution in [-0.4, -0.2) is 24.1 Å². The molecule has 0 aromatic heterocycles. The van der Waals surface area contributed by atoms with Gasteiger partial charge in [-0.1, -0.05) is 12.1 Å². The van der Waals surface area contributed by atoms with Gasteiger partial charge in [0.25, 0.3) is 0 Å². The summed E-state index contributed by atoms with van der Waals surface area (Å²) in [5.74, 6) is 1.16. The third-order valence-corrected chi connectivity index (χ3v) is 3.81. The Morgan fingerprint density at radius 2 is 2.00 bits per heavy atom. The highest BCUT2D eigenvalue weighted by Gasteiger charge is 2.22. The van der Waals surface area contributed by atoms with Crippen LogP contribution >= 0.6 is 0 Å². The number of allylic oxidation sites excluding steroid dienone is 1. The fourth-order valence-corrected chi connectivity index (χ4v) is 2.26. The first kappa shape index (κ1) is 13.7. The van der Waals surface area contributed by atoms with Crippen LogP contribution in [0.1, 0.15) is 24.0 Å². The Balaban J connectivity index is 1.94. The quantitative estimate of drug-likeness (QED) is 0.758. The molecule has 3 nitrogen and oxygen atoms in total. The molecule has 102 valence electrons. The van der Waals surface area contributed by atoms with E-state index in [9.17, 15) is 4.79 Å². The van der Waals surface area contributed by atoms with E-state index in [1.165, 1.54) is 5.56 Å². The van der Waals surface area contributed by atoms with Crippen molar-refractivity contribution in [2.24, 2.45) is 5.92 Å². The van der Waals surface area contributed by atoms with Gasteiger partial charge in [-0.2, -0.15) is 0 Å². The highest BCUT2D eigenvalue weighted by molar-refractivity contribution is 5.70. The summed E-state index contributed by atoms with van der Waals surface area (Å²) in [6, 6.07) is 5.72. The van der Waals surface area contributed by atoms with E-state index in [0.717, 1.165) is 31.5 Å². The second-order valence-electron chi connectivity index (χ2n) is 5.17. The van der Waals surface area contributed by atoms with Gasteiger partial charge in [-0.25, -0.2) is 4.79 Å². The second-order valence-corrected chi connectivity index (χ2v) is 5.17. The van der Waals surface area contributed by atoms with Crippen LogP contribution in [0, 0.1) is 19.8 Å². The lowest BCUT2D eigenvalue weighted by molar-refractivity contribution is 0.136. The van der Waals surface area contributed by atoms with Crippen molar-refractivity contribution >= 4 is 6.09 Å². The highest BCUT2D eigenvalue weighted by Crippen LogP contribution is 2.21. The van der Waals surface area contributed by atoms with E-state index in [2.05, 4.69) is 6.58 Å². The molecule has 0 saturated carbocycles. The standard InChI is InChI=1S/C16H21NO2/c1-4-14-7-9-17(10-8-14)16(18)19-15-6-5-12(2)13(3)11-15/h4-6,11,14H,1,7-10H2,2-3H3. The van der Waals surface area contributed by atoms with E-state index in [1.807, 2.05) is 38.1 Å². The van der Waals surface area contributed by atoms with Crippen LogP contribution in [0.4, 0.5) is 4.79 Å². The second kappa shape index (κ2) is 5.91. The van der Waals surface area contributed by atoms with E-state index < -0.39 is 0 Å². The molecule has 0 atom stereocenters. The number of amides is 1. The molecule has 0 unspecified atom stereocenters. The Labute approximate surface area is 114 Å². The van der Waals surface area contributed by atoms with Gasteiger partial charge in [-0.05, 0) is 55.9 Å². The number of likely N-dealkylation sites (tertiary alicyclic amines) is 1. The van der Waals surface area contributed by atoms with Crippen molar-refractivity contribution < 1.29 is 9.53 Å². The first-order valence-electron chi connectivity index (χ1n) is 6.76. The van der Waals surface area contributed by atoms with Gasteiger partial charge in [-0.15, -0.1) is 6.58 Å². The Hall–Kier alpha value is -1.77. The summed E-state index contributed by atoms with van der Waals surface area (Å²) in [6.07, 6.45) is 3.69. The lowest BCUT2D eigenvalue weighted by atomic mass is 9.97. The van der Waals surface area contributed by atoms with Crippen molar-refractivity contribution in [2.45, 2.75) is 26.7 Å². The maximum absolute atomic E-state index is 12.0. The Bertz CT molecular complexity index is 474. The smallest absolute Gasteiger partial charge is 0.410 e. The lowest BCUT2D eigenvalue weighted by Gasteiger charge is -2.29. The molecule has 1 amide bonds. The van der Waals surface area contributed by atoms with E-state index in [0.29, 0.717) is 11.7 Å². The molecule has 0 spiro atoms. The van der Waals surface area contributed by atoms with Crippen LogP contribution in [0.3, 0.4) is 0 Å². The number of aryl methyl sites for hydroxylation is 2. The molecule has 1 aromatic carbocycles. The van der Waals surface area contributed by atoms with E-state index in [4.69, 9.17) is 4.74 Å². The molecule has 0 radical (unpaired) electrons. The predicted molar refractivity (Wildman–Crippen MR) is 76.4 cm³/mol. The molecular weight excluding hydrogens is 238 g/mol. The molecule has 1 fully saturated rings. The fraction of sp³-hybridized carbons (Fsp3) is 0.438. The van der Waals surface area contributed by atoms with Crippen molar-refractivity contribution in [2.75, 3.05) is 13.1 Å². The van der Waals surface area contributed by atoms with Crippen molar-refractivity contribution in [3.8, 4) is 5.75 Å². The Morgan fingerprint density at radius 3 is 2.58 bits per heavy atom. The zero-order chi connectivity index (χ0) is 13.8. The maximum atomic E-state index is 12.0. The van der Waals surface area contributed by atoms with Crippen molar-refractivity contribution in [3.63, 3.8) is 0 Å². The zero-order valence-electron chi connectivity index (χ0n) is 11.7. The van der Waals surface area contributed by atoms with Crippen LogP contribution in [0.15, 0.2) is 30.9 Å². The summed E-state index contributed by atoms with van der Waals surface area (Å²) in [5, 5.41) is 0. The number of piperidine rings is 1. The normalized spacial score (nSPS) is 16.2. The molecule has 0 aliphatic carbocycles. The highest BCUT2D eigenvalue weighted by atomic mass is 16.6. The largest absolute Gasteiger partial charge is 0.415 e. The van der Waals surface area contributed by atoms with Gasteiger partial charge in [-0.3, -0.25) is 0 Å². The summed E-state index contributed by atoms with van der Waals surface area (Å²) in [5.41, 5.74) is 2.34. The SMILES string of the molecule is C=CC1CCN(C(=O)Oc2ccc(C)c(C)c2)CC1. The topological polar surface area (TPSA) is 29.5 Å². The number of ether oxygens (including phenoxy) is 1. The van der Waals surface area contributed by atoms with Gasteiger partial charge >= 0.3 is 6.09 Å². The molecule has 3 heteroatoms. The molecule has 0 bridgehead atoms. The van der Waals surface area contributed by atoms with Crippen LogP contribution < -0.4 is 4.74 Å². The number of benzene rings is 1. The Morgan fingerprint density at radius 1 is 1.32 bits per heavy atom. The average molecular weight is 259 g/mol. The first-order valence-corrected chi connectivity index (χ1v) is 6.76. The third-order valence-electron chi connectivity index (χ3n) is 3.81. The zero-order valence-corrected chi connectivity index (χ0v) is 11.7. The van der Waals surface area contributed by atoms with E-state index in [1.54, 1.807) is 4.90 Å². The molecular formula is C16H21NO2. The summed E-state index contributed by atoms with van der Waals surface area (Å²) >= 11 is 0. The van der Waals surface area contributed by atoms with Crippen LogP contribution in [0.25, 0.3) is 0 Å². The minimum atomic E-state index is -0.245. The van der Waals surface area contributed by atoms with E-state index >= 15 is 0 Å². The monoisotopic (exact) mass is 259 g/mol. The fourth-order valence-electron chi connectivity index (χ4n) is 2.26. The molecule has 1 aliphatic heterocycles. The van der Waals surface area contributed by atoms with E-state index in [-0.39, 0.29) is 6.09 Å². The number of carbonyl (C=O) groups is 1. The summed E-state index contributed by atoms with van der Waals surface area (Å²) in [4.78, 5) is 13.8. The van der Waals surface area contributed by atoms with Crippen LogP contribution in [0.5, 0.6) is 5.75 Å². The van der Waals surface area contributed by atoms with Gasteiger partial charge < -0.3 is 9.64 Å². The van der Waals surface area contributed by atoms with Crippen LogP contribution in [0.2, 0.25) is 0 Å². The first-order chi connectivity index (χ1) is 9.10. The maximum Gasteiger partial charge on any atom is 0.415 e.